The normalized spacial score (nSPS) is 17.7. The van der Waals surface area contributed by atoms with Crippen LogP contribution in [-0.4, -0.2) is 46.5 Å². The Morgan fingerprint density at radius 3 is 2.36 bits per heavy atom. The summed E-state index contributed by atoms with van der Waals surface area (Å²) in [5.41, 5.74) is 0.463. The maximum atomic E-state index is 12.3. The Morgan fingerprint density at radius 2 is 1.86 bits per heavy atom. The van der Waals surface area contributed by atoms with Crippen LogP contribution in [0.5, 0.6) is 17.2 Å². The lowest BCUT2D eigenvalue weighted by Crippen LogP contribution is -2.35. The number of hydrogen-bond acceptors (Lipinski definition) is 5. The molecule has 0 bridgehead atoms. The minimum Gasteiger partial charge on any atom is -0.493 e. The van der Waals surface area contributed by atoms with Gasteiger partial charge in [-0.05, 0) is 31.4 Å². The highest BCUT2D eigenvalue weighted by molar-refractivity contribution is 5.95. The molecule has 6 nitrogen and oxygen atoms in total. The number of carbonyl (C=O) groups excluding carboxylic acids is 1. The van der Waals surface area contributed by atoms with E-state index in [1.54, 1.807) is 12.1 Å². The molecule has 0 radical (unpaired) electrons. The lowest BCUT2D eigenvalue weighted by molar-refractivity contribution is 0.0169. The molecular weight excluding hydrogens is 286 g/mol. The Kier molecular flexibility index (Phi) is 5.89. The van der Waals surface area contributed by atoms with Gasteiger partial charge in [0.05, 0.1) is 27.4 Å². The SMILES string of the molecule is COc1cc(C(=O)NC[C@H]2CCCCO2)cc(OC)c1OC. The minimum atomic E-state index is -0.187. The van der Waals surface area contributed by atoms with Crippen molar-refractivity contribution in [2.24, 2.45) is 0 Å². The van der Waals surface area contributed by atoms with Crippen molar-refractivity contribution in [3.8, 4) is 17.2 Å². The second-order valence-electron chi connectivity index (χ2n) is 5.11. The van der Waals surface area contributed by atoms with Crippen LogP contribution >= 0.6 is 0 Å². The molecule has 0 aliphatic carbocycles. The Balaban J connectivity index is 2.08. The number of amides is 1. The third kappa shape index (κ3) is 3.82. The molecule has 1 aliphatic heterocycles. The van der Waals surface area contributed by atoms with Crippen molar-refractivity contribution >= 4 is 5.91 Å². The highest BCUT2D eigenvalue weighted by Gasteiger charge is 2.19. The summed E-state index contributed by atoms with van der Waals surface area (Å²) < 4.78 is 21.4. The molecule has 0 aromatic heterocycles. The van der Waals surface area contributed by atoms with Crippen LogP contribution in [-0.2, 0) is 4.74 Å². The molecule has 1 aromatic carbocycles. The van der Waals surface area contributed by atoms with Gasteiger partial charge in [0.2, 0.25) is 5.75 Å². The van der Waals surface area contributed by atoms with Crippen LogP contribution in [0.25, 0.3) is 0 Å². The van der Waals surface area contributed by atoms with Gasteiger partial charge in [-0.3, -0.25) is 4.79 Å². The first kappa shape index (κ1) is 16.4. The molecule has 122 valence electrons. The summed E-state index contributed by atoms with van der Waals surface area (Å²) in [6, 6.07) is 3.27. The van der Waals surface area contributed by atoms with Crippen molar-refractivity contribution in [2.45, 2.75) is 25.4 Å². The van der Waals surface area contributed by atoms with E-state index in [-0.39, 0.29) is 12.0 Å². The number of ether oxygens (including phenoxy) is 4. The van der Waals surface area contributed by atoms with E-state index in [2.05, 4.69) is 5.32 Å². The van der Waals surface area contributed by atoms with E-state index in [1.165, 1.54) is 21.3 Å². The number of methoxy groups -OCH3 is 3. The van der Waals surface area contributed by atoms with Crippen LogP contribution in [0, 0.1) is 0 Å². The molecule has 1 aliphatic rings. The average molecular weight is 309 g/mol. The first-order valence-corrected chi connectivity index (χ1v) is 7.39. The van der Waals surface area contributed by atoms with E-state index in [0.717, 1.165) is 25.9 Å². The fourth-order valence-electron chi connectivity index (χ4n) is 2.49. The van der Waals surface area contributed by atoms with E-state index in [1.807, 2.05) is 0 Å². The molecule has 0 unspecified atom stereocenters. The Hall–Kier alpha value is -1.95. The topological polar surface area (TPSA) is 66.0 Å². The predicted octanol–water partition coefficient (Wildman–Crippen LogP) is 2.01. The quantitative estimate of drug-likeness (QED) is 0.871. The molecule has 1 saturated heterocycles. The number of hydrogen-bond donors (Lipinski definition) is 1. The monoisotopic (exact) mass is 309 g/mol. The molecule has 22 heavy (non-hydrogen) atoms. The minimum absolute atomic E-state index is 0.0970. The third-order valence-corrected chi connectivity index (χ3v) is 3.69. The van der Waals surface area contributed by atoms with E-state index < -0.39 is 0 Å². The standard InChI is InChI=1S/C16H23NO5/c1-19-13-8-11(9-14(20-2)15(13)21-3)16(18)17-10-12-6-4-5-7-22-12/h8-9,12H,4-7,10H2,1-3H3,(H,17,18)/t12-/m1/s1. The van der Waals surface area contributed by atoms with Crippen molar-refractivity contribution in [2.75, 3.05) is 34.5 Å². The largest absolute Gasteiger partial charge is 0.493 e. The first-order valence-electron chi connectivity index (χ1n) is 7.39. The van der Waals surface area contributed by atoms with Crippen LogP contribution in [0.1, 0.15) is 29.6 Å². The second-order valence-corrected chi connectivity index (χ2v) is 5.11. The highest BCUT2D eigenvalue weighted by Crippen LogP contribution is 2.38. The predicted molar refractivity (Wildman–Crippen MR) is 82.0 cm³/mol. The van der Waals surface area contributed by atoms with Gasteiger partial charge < -0.3 is 24.3 Å². The molecule has 1 atom stereocenters. The third-order valence-electron chi connectivity index (χ3n) is 3.69. The van der Waals surface area contributed by atoms with Gasteiger partial charge in [-0.25, -0.2) is 0 Å². The van der Waals surface area contributed by atoms with Gasteiger partial charge in [-0.15, -0.1) is 0 Å². The van der Waals surface area contributed by atoms with Crippen LogP contribution < -0.4 is 19.5 Å². The van der Waals surface area contributed by atoms with Crippen LogP contribution in [0.2, 0.25) is 0 Å². The van der Waals surface area contributed by atoms with Gasteiger partial charge >= 0.3 is 0 Å². The molecule has 1 aromatic rings. The van der Waals surface area contributed by atoms with Gasteiger partial charge in [0, 0.05) is 18.7 Å². The molecule has 0 spiro atoms. The molecule has 1 fully saturated rings. The van der Waals surface area contributed by atoms with Crippen LogP contribution in [0.15, 0.2) is 12.1 Å². The van der Waals surface area contributed by atoms with Crippen molar-refractivity contribution < 1.29 is 23.7 Å². The van der Waals surface area contributed by atoms with Gasteiger partial charge in [0.25, 0.3) is 5.91 Å². The first-order chi connectivity index (χ1) is 10.7. The van der Waals surface area contributed by atoms with Gasteiger partial charge in [-0.1, -0.05) is 0 Å². The highest BCUT2D eigenvalue weighted by atomic mass is 16.5. The summed E-state index contributed by atoms with van der Waals surface area (Å²) in [6.45, 7) is 1.28. The maximum Gasteiger partial charge on any atom is 0.251 e. The van der Waals surface area contributed by atoms with E-state index in [4.69, 9.17) is 18.9 Å². The zero-order valence-corrected chi connectivity index (χ0v) is 13.3. The summed E-state index contributed by atoms with van der Waals surface area (Å²) in [4.78, 5) is 12.3. The van der Waals surface area contributed by atoms with E-state index in [9.17, 15) is 4.79 Å². The summed E-state index contributed by atoms with van der Waals surface area (Å²) in [5, 5.41) is 2.89. The summed E-state index contributed by atoms with van der Waals surface area (Å²) in [5.74, 6) is 1.20. The van der Waals surface area contributed by atoms with Gasteiger partial charge in [0.15, 0.2) is 11.5 Å². The Bertz CT molecular complexity index is 486. The molecule has 2 rings (SSSR count). The summed E-state index contributed by atoms with van der Waals surface area (Å²) in [7, 11) is 4.57. The number of carbonyl (C=O) groups is 1. The Labute approximate surface area is 130 Å². The van der Waals surface area contributed by atoms with E-state index in [0.29, 0.717) is 29.4 Å². The number of benzene rings is 1. The molecular formula is C16H23NO5. The smallest absolute Gasteiger partial charge is 0.251 e. The lowest BCUT2D eigenvalue weighted by Gasteiger charge is -2.22. The van der Waals surface area contributed by atoms with Crippen molar-refractivity contribution in [1.29, 1.82) is 0 Å². The maximum absolute atomic E-state index is 12.3. The van der Waals surface area contributed by atoms with Crippen LogP contribution in [0.4, 0.5) is 0 Å². The molecule has 1 amide bonds. The number of nitrogens with one attached hydrogen (secondary N) is 1. The Morgan fingerprint density at radius 1 is 1.18 bits per heavy atom. The number of rotatable bonds is 6. The van der Waals surface area contributed by atoms with Gasteiger partial charge in [0.1, 0.15) is 0 Å². The van der Waals surface area contributed by atoms with E-state index >= 15 is 0 Å². The molecule has 6 heteroatoms. The van der Waals surface area contributed by atoms with Crippen molar-refractivity contribution in [3.05, 3.63) is 17.7 Å². The van der Waals surface area contributed by atoms with Crippen LogP contribution in [0.3, 0.4) is 0 Å². The summed E-state index contributed by atoms with van der Waals surface area (Å²) in [6.07, 6.45) is 3.32. The fourth-order valence-corrected chi connectivity index (χ4v) is 2.49. The average Bonchev–Trinajstić information content (AvgIpc) is 2.59. The molecule has 1 N–H and O–H groups in total. The van der Waals surface area contributed by atoms with Gasteiger partial charge in [-0.2, -0.15) is 0 Å². The second kappa shape index (κ2) is 7.89. The van der Waals surface area contributed by atoms with Crippen molar-refractivity contribution in [1.82, 2.24) is 5.32 Å². The lowest BCUT2D eigenvalue weighted by atomic mass is 10.1. The molecule has 0 saturated carbocycles. The molecule has 1 heterocycles. The zero-order chi connectivity index (χ0) is 15.9. The zero-order valence-electron chi connectivity index (χ0n) is 13.3. The summed E-state index contributed by atoms with van der Waals surface area (Å²) >= 11 is 0. The van der Waals surface area contributed by atoms with Crippen molar-refractivity contribution in [3.63, 3.8) is 0 Å². The fraction of sp³-hybridized carbons (Fsp3) is 0.562.